The van der Waals surface area contributed by atoms with Gasteiger partial charge in [0.25, 0.3) is 11.8 Å². The predicted octanol–water partition coefficient (Wildman–Crippen LogP) is 7.01. The molecule has 0 spiro atoms. The number of unbranched alkanes of at least 4 members (excludes halogenated alkanes) is 3. The van der Waals surface area contributed by atoms with Crippen molar-refractivity contribution >= 4 is 73.7 Å². The summed E-state index contributed by atoms with van der Waals surface area (Å²) in [7, 11) is 0. The van der Waals surface area contributed by atoms with Crippen molar-refractivity contribution in [1.82, 2.24) is 10.4 Å². The largest absolute Gasteiger partial charge is 0.490 e. The van der Waals surface area contributed by atoms with Crippen molar-refractivity contribution < 1.29 is 19.1 Å². The predicted molar refractivity (Wildman–Crippen MR) is 149 cm³/mol. The Kier molecular flexibility index (Phi) is 10.5. The summed E-state index contributed by atoms with van der Waals surface area (Å²) in [5, 5.41) is 1.59. The zero-order chi connectivity index (χ0) is 25.4. The van der Waals surface area contributed by atoms with Crippen LogP contribution in [0.15, 0.2) is 45.8 Å². The summed E-state index contributed by atoms with van der Waals surface area (Å²) in [6.07, 6.45) is 6.15. The first kappa shape index (κ1) is 27.5. The summed E-state index contributed by atoms with van der Waals surface area (Å²) in [6.45, 7) is 5.15. The van der Waals surface area contributed by atoms with Crippen LogP contribution in [0.4, 0.5) is 0 Å². The summed E-state index contributed by atoms with van der Waals surface area (Å²) in [5.41, 5.74) is 3.67. The van der Waals surface area contributed by atoms with E-state index in [2.05, 4.69) is 28.3 Å². The molecule has 2 aromatic rings. The minimum atomic E-state index is -0.457. The van der Waals surface area contributed by atoms with Gasteiger partial charge >= 0.3 is 0 Å². The van der Waals surface area contributed by atoms with E-state index in [9.17, 15) is 9.59 Å². The average molecular weight is 598 g/mol. The summed E-state index contributed by atoms with van der Waals surface area (Å²) >= 11 is 15.9. The number of ether oxygens (including phenoxy) is 2. The maximum Gasteiger partial charge on any atom is 0.285 e. The average Bonchev–Trinajstić information content (AvgIpc) is 3.08. The minimum Gasteiger partial charge on any atom is -0.490 e. The highest BCUT2D eigenvalue weighted by Gasteiger charge is 2.34. The smallest absolute Gasteiger partial charge is 0.285 e. The van der Waals surface area contributed by atoms with E-state index < -0.39 is 11.8 Å². The first-order valence-corrected chi connectivity index (χ1v) is 13.7. The van der Waals surface area contributed by atoms with Gasteiger partial charge in [0.2, 0.25) is 0 Å². The van der Waals surface area contributed by atoms with Crippen LogP contribution in [-0.4, -0.2) is 34.4 Å². The van der Waals surface area contributed by atoms with E-state index in [1.54, 1.807) is 30.3 Å². The molecular weight excluding hydrogens is 572 g/mol. The molecule has 0 atom stereocenters. The van der Waals surface area contributed by atoms with Gasteiger partial charge in [0.15, 0.2) is 15.8 Å². The zero-order valence-electron chi connectivity index (χ0n) is 19.4. The number of rotatable bonds is 11. The third-order valence-corrected chi connectivity index (χ3v) is 7.13. The summed E-state index contributed by atoms with van der Waals surface area (Å²) in [6, 6.07) is 10.0. The Hall–Kier alpha value is -2.07. The van der Waals surface area contributed by atoms with Gasteiger partial charge in [-0.1, -0.05) is 49.5 Å². The lowest BCUT2D eigenvalue weighted by molar-refractivity contribution is -0.123. The van der Waals surface area contributed by atoms with Gasteiger partial charge in [-0.25, -0.2) is 0 Å². The zero-order valence-corrected chi connectivity index (χ0v) is 23.4. The molecule has 35 heavy (non-hydrogen) atoms. The molecular formula is C25H26BrClN2O4S2. The van der Waals surface area contributed by atoms with Crippen molar-refractivity contribution in [3.63, 3.8) is 0 Å². The molecule has 2 aromatic carbocycles. The molecule has 1 aliphatic rings. The quantitative estimate of drug-likeness (QED) is 0.171. The SMILES string of the molecule is CCCCCCOc1c(Br)cc(/C=C2\SC(=S)N(NC(=O)c3ccc(Cl)cc3)C2=O)cc1OCC. The van der Waals surface area contributed by atoms with E-state index in [1.807, 2.05) is 19.1 Å². The van der Waals surface area contributed by atoms with E-state index in [4.69, 9.17) is 33.3 Å². The molecule has 3 rings (SSSR count). The molecule has 1 fully saturated rings. The summed E-state index contributed by atoms with van der Waals surface area (Å²) < 4.78 is 12.8. The number of amides is 2. The number of halogens is 2. The maximum absolute atomic E-state index is 13.0. The lowest BCUT2D eigenvalue weighted by Crippen LogP contribution is -2.44. The number of hydrazine groups is 1. The summed E-state index contributed by atoms with van der Waals surface area (Å²) in [4.78, 5) is 25.9. The third kappa shape index (κ3) is 7.46. The lowest BCUT2D eigenvalue weighted by atomic mass is 10.1. The maximum atomic E-state index is 13.0. The van der Waals surface area contributed by atoms with E-state index in [0.717, 1.165) is 39.6 Å². The molecule has 186 valence electrons. The van der Waals surface area contributed by atoms with Crippen molar-refractivity contribution in [2.24, 2.45) is 0 Å². The number of carbonyl (C=O) groups is 2. The van der Waals surface area contributed by atoms with E-state index in [-0.39, 0.29) is 4.32 Å². The molecule has 0 radical (unpaired) electrons. The molecule has 0 saturated carbocycles. The normalized spacial score (nSPS) is 14.5. The highest BCUT2D eigenvalue weighted by Crippen LogP contribution is 2.39. The third-order valence-electron chi connectivity index (χ3n) is 4.99. The number of thioether (sulfide) groups is 1. The van der Waals surface area contributed by atoms with Gasteiger partial charge in [-0.05, 0) is 89.5 Å². The van der Waals surface area contributed by atoms with Crippen LogP contribution in [0.5, 0.6) is 11.5 Å². The molecule has 0 unspecified atom stereocenters. The van der Waals surface area contributed by atoms with Gasteiger partial charge in [0.05, 0.1) is 22.6 Å². The topological polar surface area (TPSA) is 67.9 Å². The Labute approximate surface area is 228 Å². The molecule has 10 heteroatoms. The molecule has 0 aliphatic carbocycles. The fourth-order valence-corrected chi connectivity index (χ4v) is 5.14. The minimum absolute atomic E-state index is 0.236. The Balaban J connectivity index is 1.75. The lowest BCUT2D eigenvalue weighted by Gasteiger charge is -2.16. The van der Waals surface area contributed by atoms with Gasteiger partial charge in [0, 0.05) is 10.6 Å². The number of nitrogens with zero attached hydrogens (tertiary/aromatic N) is 1. The molecule has 1 N–H and O–H groups in total. The molecule has 6 nitrogen and oxygen atoms in total. The second-order valence-corrected chi connectivity index (χ2v) is 10.6. The number of carbonyl (C=O) groups excluding carboxylic acids is 2. The number of thiocarbonyl (C=S) groups is 1. The van der Waals surface area contributed by atoms with Gasteiger partial charge in [-0.2, -0.15) is 5.01 Å². The molecule has 0 aromatic heterocycles. The van der Waals surface area contributed by atoms with Crippen LogP contribution in [0.25, 0.3) is 6.08 Å². The van der Waals surface area contributed by atoms with E-state index >= 15 is 0 Å². The number of nitrogens with one attached hydrogen (secondary N) is 1. The number of hydrogen-bond acceptors (Lipinski definition) is 6. The highest BCUT2D eigenvalue weighted by molar-refractivity contribution is 9.10. The Morgan fingerprint density at radius 2 is 1.91 bits per heavy atom. The van der Waals surface area contributed by atoms with Crippen molar-refractivity contribution in [3.8, 4) is 11.5 Å². The molecule has 0 bridgehead atoms. The monoisotopic (exact) mass is 596 g/mol. The summed E-state index contributed by atoms with van der Waals surface area (Å²) in [5.74, 6) is 0.368. The van der Waals surface area contributed by atoms with Crippen LogP contribution in [-0.2, 0) is 4.79 Å². The second-order valence-electron chi connectivity index (χ2n) is 7.64. The van der Waals surface area contributed by atoms with Crippen molar-refractivity contribution in [1.29, 1.82) is 0 Å². The second kappa shape index (κ2) is 13.3. The standard InChI is InChI=1S/C25H26BrClN2O4S2/c1-3-5-6-7-12-33-22-19(26)13-16(14-20(22)32-4-2)15-21-24(31)29(25(34)35-21)28-23(30)17-8-10-18(27)11-9-17/h8-11,13-15H,3-7,12H2,1-2H3,(H,28,30)/b21-15-. The fourth-order valence-electron chi connectivity index (χ4n) is 3.26. The number of benzene rings is 2. The fraction of sp³-hybridized carbons (Fsp3) is 0.320. The van der Waals surface area contributed by atoms with Crippen LogP contribution in [0.3, 0.4) is 0 Å². The Bertz CT molecular complexity index is 1130. The van der Waals surface area contributed by atoms with Crippen LogP contribution >= 0.6 is 51.5 Å². The van der Waals surface area contributed by atoms with Gasteiger partial charge in [-0.15, -0.1) is 0 Å². The molecule has 2 amide bonds. The Morgan fingerprint density at radius 1 is 1.17 bits per heavy atom. The van der Waals surface area contributed by atoms with Crippen LogP contribution in [0.2, 0.25) is 5.02 Å². The van der Waals surface area contributed by atoms with Crippen molar-refractivity contribution in [2.75, 3.05) is 13.2 Å². The van der Waals surface area contributed by atoms with E-state index in [1.165, 1.54) is 12.8 Å². The van der Waals surface area contributed by atoms with Gasteiger partial charge < -0.3 is 9.47 Å². The molecule has 1 aliphatic heterocycles. The highest BCUT2D eigenvalue weighted by atomic mass is 79.9. The Morgan fingerprint density at radius 3 is 2.60 bits per heavy atom. The van der Waals surface area contributed by atoms with Crippen LogP contribution < -0.4 is 14.9 Å². The van der Waals surface area contributed by atoms with Crippen LogP contribution in [0, 0.1) is 0 Å². The first-order valence-electron chi connectivity index (χ1n) is 11.3. The van der Waals surface area contributed by atoms with Gasteiger partial charge in [0.1, 0.15) is 0 Å². The molecule has 1 saturated heterocycles. The first-order chi connectivity index (χ1) is 16.8. The molecule has 1 heterocycles. The van der Waals surface area contributed by atoms with Crippen LogP contribution in [0.1, 0.15) is 55.5 Å². The van der Waals surface area contributed by atoms with Gasteiger partial charge in [-0.3, -0.25) is 15.0 Å². The van der Waals surface area contributed by atoms with Crippen molar-refractivity contribution in [3.05, 3.63) is 61.9 Å². The van der Waals surface area contributed by atoms with Crippen molar-refractivity contribution in [2.45, 2.75) is 39.5 Å². The number of hydrogen-bond donors (Lipinski definition) is 1. The van der Waals surface area contributed by atoms with E-state index in [0.29, 0.717) is 40.2 Å².